The molecule has 0 spiro atoms. The van der Waals surface area contributed by atoms with Gasteiger partial charge in [0.1, 0.15) is 0 Å². The Balaban J connectivity index is 0.666. The van der Waals surface area contributed by atoms with Crippen molar-refractivity contribution in [3.63, 3.8) is 0 Å². The number of aromatic nitrogens is 9. The first-order chi connectivity index (χ1) is 69.9. The van der Waals surface area contributed by atoms with Gasteiger partial charge in [-0.15, -0.1) is 0 Å². The number of benzene rings is 21. The van der Waals surface area contributed by atoms with E-state index in [2.05, 4.69) is 552 Å². The largest absolute Gasteiger partial charge is 0.310 e. The summed E-state index contributed by atoms with van der Waals surface area (Å²) in [6.45, 7) is 0. The third kappa shape index (κ3) is 13.3. The summed E-state index contributed by atoms with van der Waals surface area (Å²) >= 11 is 0. The second-order valence-electron chi connectivity index (χ2n) is 36.3. The third-order valence-corrected chi connectivity index (χ3v) is 28.3. The predicted octanol–water partition coefficient (Wildman–Crippen LogP) is 33.9. The number of anilines is 9. The highest BCUT2D eigenvalue weighted by Gasteiger charge is 2.28. The first-order valence-electron chi connectivity index (χ1n) is 47.9. The van der Waals surface area contributed by atoms with Crippen LogP contribution in [0, 0.1) is 0 Å². The number of hydrogen-bond acceptors (Lipinski definition) is 6. The molecule has 28 aromatic rings. The maximum atomic E-state index is 5.84. The lowest BCUT2D eigenvalue weighted by molar-refractivity contribution is 1.07. The van der Waals surface area contributed by atoms with Crippen LogP contribution >= 0.6 is 0 Å². The van der Waals surface area contributed by atoms with Crippen LogP contribution in [0.5, 0.6) is 0 Å². The van der Waals surface area contributed by atoms with Crippen LogP contribution in [0.2, 0.25) is 0 Å². The molecular formula is C129H84N12. The number of para-hydroxylation sites is 12. The van der Waals surface area contributed by atoms with Gasteiger partial charge in [-0.2, -0.15) is 0 Å². The molecule has 12 heteroatoms. The maximum absolute atomic E-state index is 5.84. The van der Waals surface area contributed by atoms with Crippen LogP contribution in [-0.4, -0.2) is 42.4 Å². The minimum absolute atomic E-state index is 0.491. The molecule has 0 atom stereocenters. The minimum Gasteiger partial charge on any atom is -0.310 e. The lowest BCUT2D eigenvalue weighted by Gasteiger charge is -2.27. The highest BCUT2D eigenvalue weighted by Crippen LogP contribution is 2.50. The molecule has 141 heavy (non-hydrogen) atoms. The van der Waals surface area contributed by atoms with Gasteiger partial charge in [0.2, 0.25) is 0 Å². The Kier molecular flexibility index (Phi) is 18.7. The number of rotatable bonds is 18. The van der Waals surface area contributed by atoms with Crippen molar-refractivity contribution in [2.75, 3.05) is 14.7 Å². The Bertz CT molecular complexity index is 8460. The molecule has 0 amide bonds. The highest BCUT2D eigenvalue weighted by molar-refractivity contribution is 6.17. The summed E-state index contributed by atoms with van der Waals surface area (Å²) in [6.07, 6.45) is 0. The second-order valence-corrected chi connectivity index (χ2v) is 36.3. The topological polar surface area (TPSA) is 78.0 Å². The Morgan fingerprint density at radius 2 is 0.277 bits per heavy atom. The normalized spacial score (nSPS) is 11.8. The molecule has 660 valence electrons. The summed E-state index contributed by atoms with van der Waals surface area (Å²) in [5, 5.41) is 13.7. The molecule has 0 aliphatic carbocycles. The number of hydrogen-bond donors (Lipinski definition) is 0. The van der Waals surface area contributed by atoms with Crippen LogP contribution in [0.25, 0.3) is 199 Å². The molecule has 0 saturated carbocycles. The zero-order valence-electron chi connectivity index (χ0n) is 76.4. The van der Waals surface area contributed by atoms with Crippen molar-refractivity contribution in [2.24, 2.45) is 0 Å². The van der Waals surface area contributed by atoms with Crippen molar-refractivity contribution < 1.29 is 0 Å². The van der Waals surface area contributed by atoms with Gasteiger partial charge in [-0.05, 0) is 255 Å². The highest BCUT2D eigenvalue weighted by atomic mass is 15.2. The average Bonchev–Trinajstić information content (AvgIpc) is 1.60. The first kappa shape index (κ1) is 80.3. The van der Waals surface area contributed by atoms with Crippen molar-refractivity contribution in [3.05, 3.63) is 510 Å². The summed E-state index contributed by atoms with van der Waals surface area (Å²) in [4.78, 5) is 24.7. The van der Waals surface area contributed by atoms with Crippen LogP contribution in [0.1, 0.15) is 0 Å². The molecule has 21 aromatic carbocycles. The van der Waals surface area contributed by atoms with Gasteiger partial charge in [-0.3, -0.25) is 0 Å². The Labute approximate surface area is 811 Å². The molecule has 0 saturated heterocycles. The maximum Gasteiger partial charge on any atom is 0.164 e. The van der Waals surface area contributed by atoms with E-state index in [0.29, 0.717) is 17.5 Å². The van der Waals surface area contributed by atoms with Crippen molar-refractivity contribution in [1.29, 1.82) is 0 Å². The lowest BCUT2D eigenvalue weighted by Crippen LogP contribution is -2.11. The fourth-order valence-corrected chi connectivity index (χ4v) is 22.2. The summed E-state index contributed by atoms with van der Waals surface area (Å²) in [7, 11) is 0. The van der Waals surface area contributed by atoms with Crippen molar-refractivity contribution >= 4 is 182 Å². The smallest absolute Gasteiger partial charge is 0.164 e. The van der Waals surface area contributed by atoms with E-state index in [1.54, 1.807) is 0 Å². The van der Waals surface area contributed by atoms with Crippen LogP contribution in [0.3, 0.4) is 0 Å². The van der Waals surface area contributed by atoms with E-state index in [1.807, 2.05) is 0 Å². The molecule has 0 aliphatic rings. The molecule has 0 unspecified atom stereocenters. The molecule has 0 aliphatic heterocycles. The Morgan fingerprint density at radius 3 is 0.461 bits per heavy atom. The molecule has 28 rings (SSSR count). The van der Waals surface area contributed by atoms with Crippen LogP contribution < -0.4 is 14.7 Å². The molecule has 0 fully saturated rings. The minimum atomic E-state index is 0.491. The number of nitrogens with zero attached hydrogens (tertiary/aromatic N) is 12. The van der Waals surface area contributed by atoms with Crippen molar-refractivity contribution in [3.8, 4) is 68.3 Å². The lowest BCUT2D eigenvalue weighted by atomic mass is 10.1. The Morgan fingerprint density at radius 1 is 0.121 bits per heavy atom. The predicted molar refractivity (Wildman–Crippen MR) is 586 cm³/mol. The molecule has 0 radical (unpaired) electrons. The molecule has 0 N–H and O–H groups in total. The SMILES string of the molecule is c1ccc(-n2c3ccccc3c3cc(N(c4cccc(-c5nc(-c6cccc(N(c7ccc8c(c7)c7ccccc7n8-c7ccccc7)c7ccc8c(c7)c7ccccc7n8-c7ccccc7)c6)nc(-c6cccc(N(c7ccc8c(c7)c7ccccc7n8-c7ccccc7)c7ccc8c(c7)c7ccccc7n8-c7ccccc7)c6)n5)c4)c4ccc5c(c4)c4ccccc4n5-c4ccccc4)ccc32)cc1. The molecule has 0 bridgehead atoms. The Hall–Kier alpha value is -19.2. The van der Waals surface area contributed by atoms with E-state index >= 15 is 0 Å². The van der Waals surface area contributed by atoms with Crippen LogP contribution in [0.4, 0.5) is 51.2 Å². The number of fused-ring (bicyclic) bond motifs is 18. The quantitative estimate of drug-likeness (QED) is 0.0852. The van der Waals surface area contributed by atoms with Crippen LogP contribution in [0.15, 0.2) is 510 Å². The van der Waals surface area contributed by atoms with E-state index in [9.17, 15) is 0 Å². The van der Waals surface area contributed by atoms with Gasteiger partial charge in [0.15, 0.2) is 17.5 Å². The van der Waals surface area contributed by atoms with Crippen molar-refractivity contribution in [1.82, 2.24) is 42.4 Å². The standard InChI is InChI=1S/C129H84N12/c1-7-37-88(38-8-1)136-115-58-25-19-52-103(115)109-79-97(64-70-121(109)136)133(98-65-71-122-110(80-98)104-53-20-26-59-116(104)137(122)89-39-9-2-10-40-89)94-49-31-34-85(76-94)127-130-128(86-35-32-50-95(77-86)134(99-66-72-123-111(81-99)105-54-21-27-60-117(105)138(123)90-41-11-3-12-42-90)100-67-73-124-112(82-100)106-55-22-28-61-118(106)139(124)91-43-13-4-14-44-91)132-129(131-127)87-36-33-51-96(78-87)135(101-68-74-125-113(83-101)107-56-23-29-62-119(107)140(125)92-45-15-5-16-46-92)102-69-75-126-114(84-102)108-57-24-30-63-120(108)141(126)93-47-17-6-18-48-93/h1-84H. The summed E-state index contributed by atoms with van der Waals surface area (Å²) in [5.41, 5.74) is 30.9. The fourth-order valence-electron chi connectivity index (χ4n) is 22.2. The van der Waals surface area contributed by atoms with E-state index in [4.69, 9.17) is 15.0 Å². The fraction of sp³-hybridized carbons (Fsp3) is 0. The van der Waals surface area contributed by atoms with Crippen molar-refractivity contribution in [2.45, 2.75) is 0 Å². The molecule has 12 nitrogen and oxygen atoms in total. The van der Waals surface area contributed by atoms with E-state index in [-0.39, 0.29) is 0 Å². The van der Waals surface area contributed by atoms with Gasteiger partial charge in [0.05, 0.1) is 66.2 Å². The average molecular weight is 1800 g/mol. The monoisotopic (exact) mass is 1800 g/mol. The van der Waals surface area contributed by atoms with Crippen LogP contribution in [-0.2, 0) is 0 Å². The van der Waals surface area contributed by atoms with Gasteiger partial charge in [0, 0.05) is 167 Å². The molecular weight excluding hydrogens is 1720 g/mol. The summed E-state index contributed by atoms with van der Waals surface area (Å²) in [6, 6.07) is 185. The van der Waals surface area contributed by atoms with Gasteiger partial charge in [0.25, 0.3) is 0 Å². The van der Waals surface area contributed by atoms with Gasteiger partial charge < -0.3 is 42.1 Å². The van der Waals surface area contributed by atoms with E-state index in [1.165, 1.54) is 0 Å². The van der Waals surface area contributed by atoms with Gasteiger partial charge in [-0.1, -0.05) is 255 Å². The zero-order chi connectivity index (χ0) is 92.7. The van der Waals surface area contributed by atoms with Gasteiger partial charge >= 0.3 is 0 Å². The summed E-state index contributed by atoms with van der Waals surface area (Å²) < 4.78 is 14.3. The summed E-state index contributed by atoms with van der Waals surface area (Å²) in [5.74, 6) is 1.47. The van der Waals surface area contributed by atoms with E-state index in [0.717, 1.165) is 233 Å². The first-order valence-corrected chi connectivity index (χ1v) is 47.9. The van der Waals surface area contributed by atoms with Gasteiger partial charge in [-0.25, -0.2) is 15.0 Å². The van der Waals surface area contributed by atoms with E-state index < -0.39 is 0 Å². The molecule has 7 aromatic heterocycles. The molecule has 7 heterocycles. The second kappa shape index (κ2) is 32.8. The zero-order valence-corrected chi connectivity index (χ0v) is 76.4. The third-order valence-electron chi connectivity index (χ3n) is 28.3.